The molecule has 0 unspecified atom stereocenters. The van der Waals surface area contributed by atoms with E-state index in [4.69, 9.17) is 4.74 Å². The zero-order valence-corrected chi connectivity index (χ0v) is 19.2. The number of rotatable bonds is 5. The lowest BCUT2D eigenvalue weighted by atomic mass is 9.91. The molecule has 1 amide bonds. The number of hydrogen-bond acceptors (Lipinski definition) is 4. The molecule has 0 aromatic heterocycles. The highest BCUT2D eigenvalue weighted by Gasteiger charge is 2.30. The standard InChI is InChI=1S/C26H31F2N3O2/c1-33-25-15-23(27)22(14-24(25)28)19-5-6-20-16-29(8-7-18(20)13-19)17-26(32)31-11-9-30(10-12-31)21-3-2-4-21/h5-6,13-15,21H,2-4,7-12,16-17H2,1H3. The van der Waals surface area contributed by atoms with Gasteiger partial charge in [0.25, 0.3) is 0 Å². The van der Waals surface area contributed by atoms with Gasteiger partial charge in [-0.25, -0.2) is 8.78 Å². The van der Waals surface area contributed by atoms with Gasteiger partial charge in [0.15, 0.2) is 11.6 Å². The molecule has 2 aliphatic heterocycles. The van der Waals surface area contributed by atoms with E-state index in [9.17, 15) is 13.6 Å². The molecule has 1 saturated carbocycles. The number of piperazine rings is 1. The third-order valence-electron chi connectivity index (χ3n) is 7.47. The van der Waals surface area contributed by atoms with Gasteiger partial charge in [0.1, 0.15) is 5.82 Å². The van der Waals surface area contributed by atoms with Crippen LogP contribution in [0, 0.1) is 11.6 Å². The van der Waals surface area contributed by atoms with Crippen molar-refractivity contribution >= 4 is 5.91 Å². The fourth-order valence-electron chi connectivity index (χ4n) is 5.20. The van der Waals surface area contributed by atoms with E-state index in [1.54, 1.807) is 0 Å². The second kappa shape index (κ2) is 9.39. The van der Waals surface area contributed by atoms with Gasteiger partial charge in [-0.15, -0.1) is 0 Å². The molecule has 0 atom stereocenters. The average molecular weight is 456 g/mol. The highest BCUT2D eigenvalue weighted by atomic mass is 19.1. The van der Waals surface area contributed by atoms with Crippen LogP contribution in [-0.4, -0.2) is 73.0 Å². The van der Waals surface area contributed by atoms with Crippen molar-refractivity contribution in [3.63, 3.8) is 0 Å². The van der Waals surface area contributed by atoms with Crippen molar-refractivity contribution in [3.05, 3.63) is 53.1 Å². The topological polar surface area (TPSA) is 36.0 Å². The van der Waals surface area contributed by atoms with E-state index >= 15 is 0 Å². The Balaban J connectivity index is 1.20. The number of ether oxygens (including phenoxy) is 1. The Kier molecular flexibility index (Phi) is 6.34. The molecule has 0 bridgehead atoms. The maximum atomic E-state index is 14.5. The van der Waals surface area contributed by atoms with E-state index in [0.29, 0.717) is 18.7 Å². The third kappa shape index (κ3) is 4.62. The van der Waals surface area contributed by atoms with Gasteiger partial charge >= 0.3 is 0 Å². The molecular weight excluding hydrogens is 424 g/mol. The predicted molar refractivity (Wildman–Crippen MR) is 123 cm³/mol. The summed E-state index contributed by atoms with van der Waals surface area (Å²) < 4.78 is 33.5. The average Bonchev–Trinajstić information content (AvgIpc) is 2.79. The number of methoxy groups -OCH3 is 1. The van der Waals surface area contributed by atoms with Crippen molar-refractivity contribution in [3.8, 4) is 16.9 Å². The van der Waals surface area contributed by atoms with Crippen molar-refractivity contribution in [2.75, 3.05) is 46.4 Å². The zero-order chi connectivity index (χ0) is 22.9. The molecular formula is C26H31F2N3O2. The van der Waals surface area contributed by atoms with Crippen LogP contribution in [0.2, 0.25) is 0 Å². The zero-order valence-electron chi connectivity index (χ0n) is 19.2. The molecule has 2 aromatic rings. The van der Waals surface area contributed by atoms with Crippen LogP contribution in [0.4, 0.5) is 8.78 Å². The fourth-order valence-corrected chi connectivity index (χ4v) is 5.20. The fraction of sp³-hybridized carbons (Fsp3) is 0.500. The minimum atomic E-state index is -0.579. The molecule has 0 radical (unpaired) electrons. The van der Waals surface area contributed by atoms with Gasteiger partial charge in [-0.2, -0.15) is 0 Å². The van der Waals surface area contributed by atoms with Crippen molar-refractivity contribution in [2.24, 2.45) is 0 Å². The van der Waals surface area contributed by atoms with Crippen molar-refractivity contribution < 1.29 is 18.3 Å². The van der Waals surface area contributed by atoms with E-state index in [1.165, 1.54) is 32.4 Å². The van der Waals surface area contributed by atoms with Crippen LogP contribution in [0.25, 0.3) is 11.1 Å². The predicted octanol–water partition coefficient (Wildman–Crippen LogP) is 3.70. The summed E-state index contributed by atoms with van der Waals surface area (Å²) in [6, 6.07) is 8.76. The maximum Gasteiger partial charge on any atom is 0.236 e. The molecule has 3 aliphatic rings. The second-order valence-corrected chi connectivity index (χ2v) is 9.41. The summed E-state index contributed by atoms with van der Waals surface area (Å²) >= 11 is 0. The molecule has 0 N–H and O–H groups in total. The maximum absolute atomic E-state index is 14.5. The number of nitrogens with zero attached hydrogens (tertiary/aromatic N) is 3. The lowest BCUT2D eigenvalue weighted by molar-refractivity contribution is -0.135. The number of benzene rings is 2. The van der Waals surface area contributed by atoms with Crippen LogP contribution in [0.3, 0.4) is 0 Å². The van der Waals surface area contributed by atoms with Crippen LogP contribution in [-0.2, 0) is 17.8 Å². The SMILES string of the molecule is COc1cc(F)c(-c2ccc3c(c2)CCN(CC(=O)N2CCN(C4CCC4)CC2)C3)cc1F. The minimum Gasteiger partial charge on any atom is -0.494 e. The Morgan fingerprint density at radius 1 is 1.00 bits per heavy atom. The summed E-state index contributed by atoms with van der Waals surface area (Å²) in [5, 5.41) is 0. The first-order chi connectivity index (χ1) is 16.0. The van der Waals surface area contributed by atoms with Crippen LogP contribution in [0.1, 0.15) is 30.4 Å². The van der Waals surface area contributed by atoms with E-state index in [-0.39, 0.29) is 17.2 Å². The first kappa shape index (κ1) is 22.3. The molecule has 33 heavy (non-hydrogen) atoms. The molecule has 2 heterocycles. The van der Waals surface area contributed by atoms with Crippen molar-refractivity contribution in [2.45, 2.75) is 38.3 Å². The van der Waals surface area contributed by atoms with Crippen LogP contribution in [0.15, 0.2) is 30.3 Å². The smallest absolute Gasteiger partial charge is 0.236 e. The Morgan fingerprint density at radius 2 is 1.79 bits per heavy atom. The highest BCUT2D eigenvalue weighted by molar-refractivity contribution is 5.78. The summed E-state index contributed by atoms with van der Waals surface area (Å²) in [6.07, 6.45) is 4.74. The lowest BCUT2D eigenvalue weighted by Gasteiger charge is -2.43. The number of halogens is 2. The summed E-state index contributed by atoms with van der Waals surface area (Å²) in [5.74, 6) is -0.975. The largest absolute Gasteiger partial charge is 0.494 e. The van der Waals surface area contributed by atoms with Gasteiger partial charge in [-0.3, -0.25) is 14.6 Å². The third-order valence-corrected chi connectivity index (χ3v) is 7.47. The number of amides is 1. The summed E-state index contributed by atoms with van der Waals surface area (Å²) in [4.78, 5) is 19.6. The summed E-state index contributed by atoms with van der Waals surface area (Å²) in [7, 11) is 1.32. The monoisotopic (exact) mass is 455 g/mol. The number of carbonyl (C=O) groups is 1. The molecule has 2 aromatic carbocycles. The van der Waals surface area contributed by atoms with E-state index < -0.39 is 11.6 Å². The van der Waals surface area contributed by atoms with E-state index in [1.807, 2.05) is 23.1 Å². The Morgan fingerprint density at radius 3 is 2.48 bits per heavy atom. The summed E-state index contributed by atoms with van der Waals surface area (Å²) in [5.41, 5.74) is 3.15. The summed E-state index contributed by atoms with van der Waals surface area (Å²) in [6.45, 7) is 5.55. The number of hydrogen-bond donors (Lipinski definition) is 0. The quantitative estimate of drug-likeness (QED) is 0.689. The molecule has 0 spiro atoms. The van der Waals surface area contributed by atoms with Crippen LogP contribution < -0.4 is 4.74 Å². The first-order valence-corrected chi connectivity index (χ1v) is 11.9. The van der Waals surface area contributed by atoms with Gasteiger partial charge in [0.05, 0.1) is 13.7 Å². The molecule has 2 fully saturated rings. The van der Waals surface area contributed by atoms with Gasteiger partial charge in [0.2, 0.25) is 5.91 Å². The minimum absolute atomic E-state index is 0.0982. The Labute approximate surface area is 193 Å². The highest BCUT2D eigenvalue weighted by Crippen LogP contribution is 2.32. The molecule has 5 rings (SSSR count). The molecule has 5 nitrogen and oxygen atoms in total. The molecule has 1 aliphatic carbocycles. The van der Waals surface area contributed by atoms with Crippen LogP contribution in [0.5, 0.6) is 5.75 Å². The molecule has 7 heteroatoms. The Hall–Kier alpha value is -2.51. The Bertz CT molecular complexity index is 1030. The van der Waals surface area contributed by atoms with Gasteiger partial charge in [0, 0.05) is 56.9 Å². The van der Waals surface area contributed by atoms with Crippen molar-refractivity contribution in [1.82, 2.24) is 14.7 Å². The van der Waals surface area contributed by atoms with Gasteiger partial charge in [-0.1, -0.05) is 24.6 Å². The first-order valence-electron chi connectivity index (χ1n) is 11.9. The van der Waals surface area contributed by atoms with Gasteiger partial charge in [-0.05, 0) is 42.0 Å². The number of carbonyl (C=O) groups excluding carboxylic acids is 1. The van der Waals surface area contributed by atoms with E-state index in [0.717, 1.165) is 62.4 Å². The van der Waals surface area contributed by atoms with Crippen molar-refractivity contribution in [1.29, 1.82) is 0 Å². The lowest BCUT2D eigenvalue weighted by Crippen LogP contribution is -2.55. The normalized spacial score (nSPS) is 19.8. The van der Waals surface area contributed by atoms with Crippen LogP contribution >= 0.6 is 0 Å². The second-order valence-electron chi connectivity index (χ2n) is 9.41. The molecule has 1 saturated heterocycles. The van der Waals surface area contributed by atoms with Gasteiger partial charge < -0.3 is 9.64 Å². The number of fused-ring (bicyclic) bond motifs is 1. The van der Waals surface area contributed by atoms with E-state index in [2.05, 4.69) is 9.80 Å². The molecule has 176 valence electrons.